The largest absolute Gasteiger partial charge is 0.493 e. The van der Waals surface area contributed by atoms with Crippen LogP contribution in [-0.4, -0.2) is 39.2 Å². The number of rotatable bonds is 9. The highest BCUT2D eigenvalue weighted by Crippen LogP contribution is 2.27. The summed E-state index contributed by atoms with van der Waals surface area (Å²) in [5.74, 6) is 0.551. The molecule has 0 aliphatic carbocycles. The predicted octanol–water partition coefficient (Wildman–Crippen LogP) is 2.15. The van der Waals surface area contributed by atoms with Crippen molar-refractivity contribution in [2.24, 2.45) is 0 Å². The van der Waals surface area contributed by atoms with Crippen LogP contribution in [0.5, 0.6) is 11.5 Å². The highest BCUT2D eigenvalue weighted by Gasteiger charge is 2.09. The summed E-state index contributed by atoms with van der Waals surface area (Å²) in [6.07, 6.45) is 0.782. The van der Waals surface area contributed by atoms with Crippen LogP contribution in [0.3, 0.4) is 0 Å². The van der Waals surface area contributed by atoms with E-state index in [2.05, 4.69) is 5.32 Å². The number of benzene rings is 2. The molecular weight excluding hydrogens is 334 g/mol. The molecule has 0 radical (unpaired) electrons. The molecule has 2 aromatic carbocycles. The fourth-order valence-corrected chi connectivity index (χ4v) is 2.39. The van der Waals surface area contributed by atoms with Crippen LogP contribution < -0.4 is 14.8 Å². The first kappa shape index (κ1) is 19.3. The molecular formula is C20H23NO5. The molecule has 1 N–H and O–H groups in total. The molecule has 1 amide bonds. The van der Waals surface area contributed by atoms with Crippen LogP contribution in [0.25, 0.3) is 0 Å². The number of carbonyl (C=O) groups excluding carboxylic acids is 2. The van der Waals surface area contributed by atoms with Gasteiger partial charge in [0.2, 0.25) is 0 Å². The van der Waals surface area contributed by atoms with E-state index < -0.39 is 5.97 Å². The zero-order chi connectivity index (χ0) is 18.8. The summed E-state index contributed by atoms with van der Waals surface area (Å²) in [6, 6.07) is 14.8. The van der Waals surface area contributed by atoms with Crippen LogP contribution in [0.4, 0.5) is 0 Å². The molecule has 0 fully saturated rings. The van der Waals surface area contributed by atoms with Crippen molar-refractivity contribution in [2.45, 2.75) is 12.8 Å². The third kappa shape index (κ3) is 6.12. The first-order valence-electron chi connectivity index (χ1n) is 8.29. The highest BCUT2D eigenvalue weighted by atomic mass is 16.5. The minimum Gasteiger partial charge on any atom is -0.493 e. The Kier molecular flexibility index (Phi) is 7.49. The van der Waals surface area contributed by atoms with E-state index in [9.17, 15) is 9.59 Å². The molecule has 0 heterocycles. The average molecular weight is 357 g/mol. The number of methoxy groups -OCH3 is 2. The minimum absolute atomic E-state index is 0.153. The summed E-state index contributed by atoms with van der Waals surface area (Å²) < 4.78 is 15.4. The van der Waals surface area contributed by atoms with Gasteiger partial charge in [-0.15, -0.1) is 0 Å². The van der Waals surface area contributed by atoms with E-state index in [1.54, 1.807) is 14.2 Å². The third-order valence-corrected chi connectivity index (χ3v) is 3.74. The Morgan fingerprint density at radius 1 is 0.923 bits per heavy atom. The lowest BCUT2D eigenvalue weighted by atomic mass is 10.1. The topological polar surface area (TPSA) is 73.9 Å². The molecule has 0 aliphatic rings. The molecule has 0 atom stereocenters. The van der Waals surface area contributed by atoms with Crippen molar-refractivity contribution in [3.63, 3.8) is 0 Å². The maximum atomic E-state index is 11.8. The number of ether oxygens (including phenoxy) is 3. The molecule has 6 nitrogen and oxygen atoms in total. The van der Waals surface area contributed by atoms with Crippen molar-refractivity contribution in [1.29, 1.82) is 0 Å². The minimum atomic E-state index is -0.425. The van der Waals surface area contributed by atoms with Crippen LogP contribution in [0, 0.1) is 0 Å². The zero-order valence-corrected chi connectivity index (χ0v) is 15.0. The number of amides is 1. The summed E-state index contributed by atoms with van der Waals surface area (Å²) in [4.78, 5) is 23.5. The van der Waals surface area contributed by atoms with E-state index in [0.29, 0.717) is 24.5 Å². The summed E-state index contributed by atoms with van der Waals surface area (Å²) >= 11 is 0. The van der Waals surface area contributed by atoms with E-state index in [1.165, 1.54) is 0 Å². The molecule has 6 heteroatoms. The lowest BCUT2D eigenvalue weighted by Gasteiger charge is -2.10. The number of nitrogens with one attached hydrogen (secondary N) is 1. The van der Waals surface area contributed by atoms with Crippen LogP contribution in [0.2, 0.25) is 0 Å². The first-order valence-corrected chi connectivity index (χ1v) is 8.29. The predicted molar refractivity (Wildman–Crippen MR) is 97.4 cm³/mol. The van der Waals surface area contributed by atoms with Crippen molar-refractivity contribution in [2.75, 3.05) is 27.4 Å². The summed E-state index contributed by atoms with van der Waals surface area (Å²) in [6.45, 7) is 0.155. The molecule has 0 bridgehead atoms. The van der Waals surface area contributed by atoms with Gasteiger partial charge in [0.1, 0.15) is 0 Å². The van der Waals surface area contributed by atoms with E-state index in [1.807, 2.05) is 48.5 Å². The van der Waals surface area contributed by atoms with E-state index >= 15 is 0 Å². The van der Waals surface area contributed by atoms with Gasteiger partial charge in [0, 0.05) is 6.54 Å². The van der Waals surface area contributed by atoms with Crippen LogP contribution in [-0.2, 0) is 27.2 Å². The fraction of sp³-hybridized carbons (Fsp3) is 0.300. The molecule has 0 aliphatic heterocycles. The maximum absolute atomic E-state index is 11.8. The van der Waals surface area contributed by atoms with Crippen molar-refractivity contribution in [3.8, 4) is 11.5 Å². The molecule has 0 saturated carbocycles. The van der Waals surface area contributed by atoms with Gasteiger partial charge in [-0.2, -0.15) is 0 Å². The van der Waals surface area contributed by atoms with Crippen LogP contribution in [0.1, 0.15) is 11.1 Å². The smallest absolute Gasteiger partial charge is 0.310 e. The second-order valence-corrected chi connectivity index (χ2v) is 5.61. The number of hydrogen-bond donors (Lipinski definition) is 1. The quantitative estimate of drug-likeness (QED) is 0.696. The van der Waals surface area contributed by atoms with Gasteiger partial charge in [-0.1, -0.05) is 36.4 Å². The lowest BCUT2D eigenvalue weighted by Crippen LogP contribution is -2.30. The number of esters is 1. The Balaban J connectivity index is 1.69. The second kappa shape index (κ2) is 10.1. The van der Waals surface area contributed by atoms with E-state index in [-0.39, 0.29) is 18.9 Å². The monoisotopic (exact) mass is 357 g/mol. The Labute approximate surface area is 153 Å². The van der Waals surface area contributed by atoms with Gasteiger partial charge in [-0.25, -0.2) is 0 Å². The molecule has 0 unspecified atom stereocenters. The Morgan fingerprint density at radius 3 is 2.35 bits per heavy atom. The van der Waals surface area contributed by atoms with Crippen molar-refractivity contribution in [3.05, 3.63) is 59.7 Å². The van der Waals surface area contributed by atoms with Crippen molar-refractivity contribution in [1.82, 2.24) is 5.32 Å². The van der Waals surface area contributed by atoms with Crippen molar-refractivity contribution < 1.29 is 23.8 Å². The Morgan fingerprint density at radius 2 is 1.65 bits per heavy atom. The Hall–Kier alpha value is -3.02. The zero-order valence-electron chi connectivity index (χ0n) is 15.0. The van der Waals surface area contributed by atoms with Gasteiger partial charge in [0.05, 0.1) is 20.6 Å². The van der Waals surface area contributed by atoms with Crippen molar-refractivity contribution >= 4 is 11.9 Å². The molecule has 2 aromatic rings. The molecule has 138 valence electrons. The van der Waals surface area contributed by atoms with E-state index in [0.717, 1.165) is 11.1 Å². The van der Waals surface area contributed by atoms with Gasteiger partial charge >= 0.3 is 5.97 Å². The molecule has 0 spiro atoms. The SMILES string of the molecule is COc1ccc(CCNC(=O)COC(=O)Cc2ccccc2)cc1OC. The fourth-order valence-electron chi connectivity index (χ4n) is 2.39. The van der Waals surface area contributed by atoms with Gasteiger partial charge in [-0.3, -0.25) is 9.59 Å². The second-order valence-electron chi connectivity index (χ2n) is 5.61. The molecule has 0 aromatic heterocycles. The van der Waals surface area contributed by atoms with E-state index in [4.69, 9.17) is 14.2 Å². The Bertz CT molecular complexity index is 730. The van der Waals surface area contributed by atoms with Gasteiger partial charge in [-0.05, 0) is 29.7 Å². The van der Waals surface area contributed by atoms with Gasteiger partial charge in [0.15, 0.2) is 18.1 Å². The normalized spacial score (nSPS) is 10.1. The number of carbonyl (C=O) groups is 2. The summed E-state index contributed by atoms with van der Waals surface area (Å²) in [7, 11) is 3.16. The number of hydrogen-bond acceptors (Lipinski definition) is 5. The van der Waals surface area contributed by atoms with Crippen LogP contribution in [0.15, 0.2) is 48.5 Å². The van der Waals surface area contributed by atoms with Gasteiger partial charge in [0.25, 0.3) is 5.91 Å². The lowest BCUT2D eigenvalue weighted by molar-refractivity contribution is -0.147. The molecule has 26 heavy (non-hydrogen) atoms. The van der Waals surface area contributed by atoms with Gasteiger partial charge < -0.3 is 19.5 Å². The molecule has 2 rings (SSSR count). The molecule has 0 saturated heterocycles. The summed E-state index contributed by atoms with van der Waals surface area (Å²) in [5, 5.41) is 2.73. The van der Waals surface area contributed by atoms with Crippen LogP contribution >= 0.6 is 0 Å². The first-order chi connectivity index (χ1) is 12.6. The third-order valence-electron chi connectivity index (χ3n) is 3.74. The average Bonchev–Trinajstić information content (AvgIpc) is 2.67. The summed E-state index contributed by atoms with van der Waals surface area (Å²) in [5.41, 5.74) is 1.86. The maximum Gasteiger partial charge on any atom is 0.310 e. The highest BCUT2D eigenvalue weighted by molar-refractivity contribution is 5.81. The standard InChI is InChI=1S/C20H23NO5/c1-24-17-9-8-16(12-18(17)25-2)10-11-21-19(22)14-26-20(23)13-15-6-4-3-5-7-15/h3-9,12H,10-11,13-14H2,1-2H3,(H,21,22).